The van der Waals surface area contributed by atoms with Crippen molar-refractivity contribution in [2.75, 3.05) is 19.8 Å². The lowest BCUT2D eigenvalue weighted by Crippen LogP contribution is -2.38. The monoisotopic (exact) mass is 245 g/mol. The topological polar surface area (TPSA) is 35.5 Å². The quantitative estimate of drug-likeness (QED) is 0.487. The number of carbonyl (C=O) groups excluding carboxylic acids is 1. The number of carbonyl (C=O) groups is 1. The molecule has 3 nitrogen and oxygen atoms in total. The molecule has 0 heterocycles. The third kappa shape index (κ3) is 6.40. The summed E-state index contributed by atoms with van der Waals surface area (Å²) in [6.45, 7) is 12.2. The van der Waals surface area contributed by atoms with E-state index < -0.39 is 9.04 Å². The van der Waals surface area contributed by atoms with Crippen molar-refractivity contribution in [3.05, 3.63) is 0 Å². The number of rotatable bonds is 8. The van der Waals surface area contributed by atoms with E-state index in [1.165, 1.54) is 0 Å². The molecule has 1 radical (unpaired) electrons. The van der Waals surface area contributed by atoms with Crippen molar-refractivity contribution in [1.82, 2.24) is 0 Å². The molecule has 0 N–H and O–H groups in total. The molecule has 0 aliphatic rings. The molecule has 4 heteroatoms. The van der Waals surface area contributed by atoms with Crippen molar-refractivity contribution in [2.45, 2.75) is 52.5 Å². The lowest BCUT2D eigenvalue weighted by molar-refractivity contribution is -0.113. The van der Waals surface area contributed by atoms with Crippen molar-refractivity contribution in [3.63, 3.8) is 0 Å². The molecule has 0 aromatic rings. The maximum Gasteiger partial charge on any atom is 0.295 e. The molecular weight excluding hydrogens is 220 g/mol. The Bertz CT molecular complexity index is 199. The SMILES string of the molecule is CCOCCCO[Si](C(=O)CC)C(C)(C)C. The standard InChI is InChI=1S/C12H25O3Si/c1-6-11(13)16(12(3,4)5)15-10-8-9-14-7-2/h6-10H2,1-5H3. The van der Waals surface area contributed by atoms with Gasteiger partial charge in [-0.05, 0) is 18.4 Å². The Kier molecular flexibility index (Phi) is 7.88. The zero-order valence-corrected chi connectivity index (χ0v) is 12.3. The van der Waals surface area contributed by atoms with Crippen LogP contribution in [0.25, 0.3) is 0 Å². The van der Waals surface area contributed by atoms with Crippen molar-refractivity contribution >= 4 is 14.4 Å². The molecule has 0 fully saturated rings. The maximum atomic E-state index is 11.8. The Labute approximate surface area is 101 Å². The van der Waals surface area contributed by atoms with Gasteiger partial charge in [-0.3, -0.25) is 0 Å². The minimum absolute atomic E-state index is 0.0244. The Balaban J connectivity index is 3.99. The molecule has 0 aromatic heterocycles. The average Bonchev–Trinajstić information content (AvgIpc) is 2.20. The molecule has 0 bridgehead atoms. The summed E-state index contributed by atoms with van der Waals surface area (Å²) in [5.41, 5.74) is 0. The second-order valence-electron chi connectivity index (χ2n) is 4.75. The average molecular weight is 245 g/mol. The van der Waals surface area contributed by atoms with Crippen LogP contribution in [0.1, 0.15) is 47.5 Å². The van der Waals surface area contributed by atoms with E-state index >= 15 is 0 Å². The van der Waals surface area contributed by atoms with Crippen molar-refractivity contribution in [2.24, 2.45) is 0 Å². The van der Waals surface area contributed by atoms with Crippen LogP contribution in [0, 0.1) is 0 Å². The summed E-state index contributed by atoms with van der Waals surface area (Å²) in [6, 6.07) is 0. The van der Waals surface area contributed by atoms with Crippen molar-refractivity contribution in [3.8, 4) is 0 Å². The molecule has 0 aliphatic heterocycles. The lowest BCUT2D eigenvalue weighted by Gasteiger charge is -2.26. The van der Waals surface area contributed by atoms with Gasteiger partial charge in [0.2, 0.25) is 0 Å². The van der Waals surface area contributed by atoms with Gasteiger partial charge in [0.05, 0.1) is 0 Å². The van der Waals surface area contributed by atoms with Crippen LogP contribution in [-0.2, 0) is 14.0 Å². The molecule has 0 aromatic carbocycles. The fraction of sp³-hybridized carbons (Fsp3) is 0.917. The van der Waals surface area contributed by atoms with Crippen molar-refractivity contribution in [1.29, 1.82) is 0 Å². The smallest absolute Gasteiger partial charge is 0.295 e. The molecule has 0 unspecified atom stereocenters. The molecule has 0 rings (SSSR count). The van der Waals surface area contributed by atoms with Crippen LogP contribution in [0.4, 0.5) is 0 Å². The zero-order valence-electron chi connectivity index (χ0n) is 11.3. The largest absolute Gasteiger partial charge is 0.409 e. The van der Waals surface area contributed by atoms with Gasteiger partial charge in [0, 0.05) is 26.2 Å². The summed E-state index contributed by atoms with van der Waals surface area (Å²) >= 11 is 0. The Morgan fingerprint density at radius 2 is 1.81 bits per heavy atom. The highest BCUT2D eigenvalue weighted by Gasteiger charge is 2.34. The van der Waals surface area contributed by atoms with Crippen LogP contribution < -0.4 is 0 Å². The molecular formula is C12H25O3Si. The first-order valence-corrected chi connectivity index (χ1v) is 7.45. The molecule has 0 spiro atoms. The van der Waals surface area contributed by atoms with Gasteiger partial charge in [-0.25, -0.2) is 0 Å². The highest BCUT2D eigenvalue weighted by molar-refractivity contribution is 6.87. The number of ether oxygens (including phenoxy) is 1. The second kappa shape index (κ2) is 7.98. The summed E-state index contributed by atoms with van der Waals surface area (Å²) in [4.78, 5) is 11.8. The van der Waals surface area contributed by atoms with Gasteiger partial charge in [0.25, 0.3) is 9.04 Å². The first kappa shape index (κ1) is 15.8. The minimum Gasteiger partial charge on any atom is -0.409 e. The molecule has 0 aliphatic carbocycles. The summed E-state index contributed by atoms with van der Waals surface area (Å²) in [6.07, 6.45) is 1.45. The fourth-order valence-electron chi connectivity index (χ4n) is 1.36. The molecule has 16 heavy (non-hydrogen) atoms. The first-order chi connectivity index (χ1) is 7.43. The van der Waals surface area contributed by atoms with E-state index in [0.717, 1.165) is 19.6 Å². The third-order valence-corrected chi connectivity index (χ3v) is 4.85. The predicted octanol–water partition coefficient (Wildman–Crippen LogP) is 2.74. The zero-order chi connectivity index (χ0) is 12.6. The Hall–Kier alpha value is -0.193. The van der Waals surface area contributed by atoms with Gasteiger partial charge in [-0.2, -0.15) is 0 Å². The number of hydrogen-bond acceptors (Lipinski definition) is 3. The molecule has 95 valence electrons. The van der Waals surface area contributed by atoms with Crippen molar-refractivity contribution < 1.29 is 14.0 Å². The van der Waals surface area contributed by atoms with Crippen LogP contribution in [0.2, 0.25) is 5.04 Å². The van der Waals surface area contributed by atoms with Crippen LogP contribution in [-0.4, -0.2) is 34.3 Å². The van der Waals surface area contributed by atoms with Gasteiger partial charge in [-0.1, -0.05) is 27.7 Å². The predicted molar refractivity (Wildman–Crippen MR) is 67.8 cm³/mol. The second-order valence-corrected chi connectivity index (χ2v) is 7.76. The first-order valence-electron chi connectivity index (χ1n) is 6.04. The molecule has 0 amide bonds. The lowest BCUT2D eigenvalue weighted by atomic mass is 10.2. The van der Waals surface area contributed by atoms with Crippen LogP contribution in [0.3, 0.4) is 0 Å². The van der Waals surface area contributed by atoms with Gasteiger partial charge in [0.1, 0.15) is 5.41 Å². The summed E-state index contributed by atoms with van der Waals surface area (Å²) in [7, 11) is -1.37. The Morgan fingerprint density at radius 1 is 1.19 bits per heavy atom. The molecule has 0 saturated carbocycles. The van der Waals surface area contributed by atoms with Crippen LogP contribution >= 0.6 is 0 Å². The van der Waals surface area contributed by atoms with Gasteiger partial charge < -0.3 is 14.0 Å². The fourth-order valence-corrected chi connectivity index (χ4v) is 3.46. The normalized spacial score (nSPS) is 12.1. The van der Waals surface area contributed by atoms with Crippen LogP contribution in [0.15, 0.2) is 0 Å². The van der Waals surface area contributed by atoms with E-state index in [-0.39, 0.29) is 10.4 Å². The number of hydrogen-bond donors (Lipinski definition) is 0. The van der Waals surface area contributed by atoms with E-state index in [0.29, 0.717) is 13.0 Å². The summed E-state index contributed by atoms with van der Waals surface area (Å²) < 4.78 is 11.0. The molecule has 0 atom stereocenters. The van der Waals surface area contributed by atoms with E-state index in [1.807, 2.05) is 13.8 Å². The third-order valence-electron chi connectivity index (χ3n) is 2.14. The van der Waals surface area contributed by atoms with E-state index in [4.69, 9.17) is 9.16 Å². The highest BCUT2D eigenvalue weighted by Crippen LogP contribution is 2.28. The van der Waals surface area contributed by atoms with Gasteiger partial charge >= 0.3 is 0 Å². The Morgan fingerprint density at radius 3 is 2.25 bits per heavy atom. The summed E-state index contributed by atoms with van der Waals surface area (Å²) in [5.74, 6) is 0. The molecule has 0 saturated heterocycles. The van der Waals surface area contributed by atoms with Gasteiger partial charge in [0.15, 0.2) is 0 Å². The summed E-state index contributed by atoms with van der Waals surface area (Å²) in [5, 5.41) is 0.262. The van der Waals surface area contributed by atoms with Gasteiger partial charge in [-0.15, -0.1) is 0 Å². The van der Waals surface area contributed by atoms with E-state index in [9.17, 15) is 4.79 Å². The minimum atomic E-state index is -1.37. The van der Waals surface area contributed by atoms with E-state index in [1.54, 1.807) is 0 Å². The maximum absolute atomic E-state index is 11.8. The highest BCUT2D eigenvalue weighted by atomic mass is 28.3. The van der Waals surface area contributed by atoms with E-state index in [2.05, 4.69) is 20.8 Å². The van der Waals surface area contributed by atoms with Crippen LogP contribution in [0.5, 0.6) is 0 Å².